The molecule has 0 bridgehead atoms. The molecule has 20 heavy (non-hydrogen) atoms. The van der Waals surface area contributed by atoms with Crippen LogP contribution in [-0.2, 0) is 4.74 Å². The van der Waals surface area contributed by atoms with E-state index in [1.54, 1.807) is 0 Å². The minimum atomic E-state index is -0.624. The zero-order valence-corrected chi connectivity index (χ0v) is 11.5. The first-order valence-corrected chi connectivity index (χ1v) is 6.61. The van der Waals surface area contributed by atoms with Gasteiger partial charge in [0.1, 0.15) is 0 Å². The number of nitrogens with zero attached hydrogens (tertiary/aromatic N) is 4. The van der Waals surface area contributed by atoms with Crippen LogP contribution in [-0.4, -0.2) is 59.5 Å². The van der Waals surface area contributed by atoms with Gasteiger partial charge in [-0.2, -0.15) is 15.0 Å². The van der Waals surface area contributed by atoms with E-state index in [-0.39, 0.29) is 6.61 Å². The number of hydrazine groups is 1. The van der Waals surface area contributed by atoms with Crippen LogP contribution in [0.1, 0.15) is 12.8 Å². The minimum absolute atomic E-state index is 0.249. The number of ether oxygens (including phenoxy) is 1. The Balaban J connectivity index is 2.05. The van der Waals surface area contributed by atoms with Crippen molar-refractivity contribution in [3.05, 3.63) is 0 Å². The van der Waals surface area contributed by atoms with Gasteiger partial charge < -0.3 is 20.1 Å². The van der Waals surface area contributed by atoms with Gasteiger partial charge in [0.25, 0.3) is 0 Å². The highest BCUT2D eigenvalue weighted by Gasteiger charge is 2.17. The first kappa shape index (κ1) is 14.7. The number of hydrogen-bond acceptors (Lipinski definition) is 9. The molecule has 0 spiro atoms. The normalized spacial score (nSPS) is 16.2. The summed E-state index contributed by atoms with van der Waals surface area (Å²) >= 11 is 0. The lowest BCUT2D eigenvalue weighted by Gasteiger charge is -2.17. The van der Waals surface area contributed by atoms with Gasteiger partial charge in [-0.1, -0.05) is 0 Å². The van der Waals surface area contributed by atoms with Crippen LogP contribution >= 0.6 is 0 Å². The van der Waals surface area contributed by atoms with Crippen LogP contribution in [0.25, 0.3) is 0 Å². The number of nitrogen functional groups attached to an aromatic ring is 1. The molecule has 5 N–H and O–H groups in total. The Morgan fingerprint density at radius 1 is 1.30 bits per heavy atom. The number of aliphatic hydroxyl groups is 1. The summed E-state index contributed by atoms with van der Waals surface area (Å²) in [5.74, 6) is 6.64. The summed E-state index contributed by atoms with van der Waals surface area (Å²) in [6.45, 7) is 2.40. The zero-order chi connectivity index (χ0) is 14.4. The number of rotatable bonds is 7. The highest BCUT2D eigenvalue weighted by Crippen LogP contribution is 2.18. The molecule has 2 rings (SSSR count). The van der Waals surface area contributed by atoms with Gasteiger partial charge in [-0.3, -0.25) is 5.43 Å². The Bertz CT molecular complexity index is 425. The largest absolute Gasteiger partial charge is 0.389 e. The van der Waals surface area contributed by atoms with Crippen molar-refractivity contribution in [1.29, 1.82) is 0 Å². The van der Waals surface area contributed by atoms with Gasteiger partial charge in [0.05, 0.1) is 12.7 Å². The fraction of sp³-hybridized carbons (Fsp3) is 0.727. The van der Waals surface area contributed by atoms with E-state index in [1.807, 2.05) is 0 Å². The summed E-state index contributed by atoms with van der Waals surface area (Å²) in [5, 5.41) is 12.6. The average molecular weight is 283 g/mol. The molecule has 1 aliphatic heterocycles. The molecule has 1 aliphatic rings. The zero-order valence-electron chi connectivity index (χ0n) is 11.5. The molecular formula is C11H21N7O2. The fourth-order valence-corrected chi connectivity index (χ4v) is 2.03. The number of nitrogens with two attached hydrogens (primary N) is 1. The topological polar surface area (TPSA) is 121 Å². The highest BCUT2D eigenvalue weighted by molar-refractivity contribution is 5.43. The molecular weight excluding hydrogens is 262 g/mol. The van der Waals surface area contributed by atoms with Crippen molar-refractivity contribution in [2.45, 2.75) is 18.9 Å². The summed E-state index contributed by atoms with van der Waals surface area (Å²) in [7, 11) is 1.54. The Hall–Kier alpha value is -1.71. The third-order valence-corrected chi connectivity index (χ3v) is 3.00. The van der Waals surface area contributed by atoms with Crippen LogP contribution < -0.4 is 21.5 Å². The molecule has 0 aliphatic carbocycles. The van der Waals surface area contributed by atoms with Crippen LogP contribution in [0.15, 0.2) is 0 Å². The fourth-order valence-electron chi connectivity index (χ4n) is 2.03. The summed E-state index contributed by atoms with van der Waals surface area (Å²) in [5.41, 5.74) is 2.43. The summed E-state index contributed by atoms with van der Waals surface area (Å²) in [6.07, 6.45) is 1.64. The number of hydrogen-bond donors (Lipinski definition) is 4. The van der Waals surface area contributed by atoms with Crippen molar-refractivity contribution in [3.8, 4) is 0 Å². The van der Waals surface area contributed by atoms with Crippen molar-refractivity contribution in [2.75, 3.05) is 49.0 Å². The molecule has 0 aromatic carbocycles. The lowest BCUT2D eigenvalue weighted by Crippen LogP contribution is -2.27. The molecule has 112 valence electrons. The predicted octanol–water partition coefficient (Wildman–Crippen LogP) is -0.823. The van der Waals surface area contributed by atoms with E-state index in [0.717, 1.165) is 25.9 Å². The summed E-state index contributed by atoms with van der Waals surface area (Å²) < 4.78 is 4.86. The third-order valence-electron chi connectivity index (χ3n) is 3.00. The SMILES string of the molecule is COCC(O)CNc1nc(NN)nc(N2CCCC2)n1. The second-order valence-electron chi connectivity index (χ2n) is 4.61. The van der Waals surface area contributed by atoms with Crippen LogP contribution in [0.4, 0.5) is 17.8 Å². The first-order chi connectivity index (χ1) is 9.72. The molecule has 1 aromatic rings. The van der Waals surface area contributed by atoms with Crippen molar-refractivity contribution in [3.63, 3.8) is 0 Å². The number of methoxy groups -OCH3 is 1. The van der Waals surface area contributed by atoms with Gasteiger partial charge >= 0.3 is 0 Å². The highest BCUT2D eigenvalue weighted by atomic mass is 16.5. The van der Waals surface area contributed by atoms with E-state index in [0.29, 0.717) is 24.4 Å². The van der Waals surface area contributed by atoms with Crippen LogP contribution in [0, 0.1) is 0 Å². The molecule has 0 amide bonds. The number of nitrogens with one attached hydrogen (secondary N) is 2. The molecule has 1 atom stereocenters. The molecule has 1 unspecified atom stereocenters. The molecule has 9 nitrogen and oxygen atoms in total. The Labute approximate surface area is 117 Å². The van der Waals surface area contributed by atoms with Crippen LogP contribution in [0.3, 0.4) is 0 Å². The van der Waals surface area contributed by atoms with Gasteiger partial charge in [-0.15, -0.1) is 0 Å². The Kier molecular flexibility index (Phi) is 5.27. The molecule has 9 heteroatoms. The van der Waals surface area contributed by atoms with E-state index in [9.17, 15) is 5.11 Å². The quantitative estimate of drug-likeness (QED) is 0.375. The minimum Gasteiger partial charge on any atom is -0.389 e. The molecule has 1 aromatic heterocycles. The lowest BCUT2D eigenvalue weighted by molar-refractivity contribution is 0.0726. The van der Waals surface area contributed by atoms with Gasteiger partial charge in [-0.25, -0.2) is 5.84 Å². The summed E-state index contributed by atoms with van der Waals surface area (Å²) in [6, 6.07) is 0. The maximum Gasteiger partial charge on any atom is 0.243 e. The average Bonchev–Trinajstić information content (AvgIpc) is 2.99. The third kappa shape index (κ3) is 3.89. The van der Waals surface area contributed by atoms with Gasteiger partial charge in [0.2, 0.25) is 17.8 Å². The van der Waals surface area contributed by atoms with Crippen molar-refractivity contribution >= 4 is 17.8 Å². The Morgan fingerprint density at radius 3 is 2.65 bits per heavy atom. The number of anilines is 3. The molecule has 0 saturated carbocycles. The molecule has 1 saturated heterocycles. The second-order valence-corrected chi connectivity index (χ2v) is 4.61. The summed E-state index contributed by atoms with van der Waals surface area (Å²) in [4.78, 5) is 14.8. The van der Waals surface area contributed by atoms with E-state index < -0.39 is 6.10 Å². The van der Waals surface area contributed by atoms with Crippen LogP contribution in [0.2, 0.25) is 0 Å². The van der Waals surface area contributed by atoms with E-state index in [4.69, 9.17) is 10.6 Å². The lowest BCUT2D eigenvalue weighted by atomic mass is 10.4. The maximum atomic E-state index is 9.61. The monoisotopic (exact) mass is 283 g/mol. The number of aliphatic hydroxyl groups excluding tert-OH is 1. The van der Waals surface area contributed by atoms with Crippen molar-refractivity contribution < 1.29 is 9.84 Å². The Morgan fingerprint density at radius 2 is 2.00 bits per heavy atom. The molecule has 2 heterocycles. The van der Waals surface area contributed by atoms with Crippen molar-refractivity contribution in [2.24, 2.45) is 5.84 Å². The van der Waals surface area contributed by atoms with Crippen molar-refractivity contribution in [1.82, 2.24) is 15.0 Å². The first-order valence-electron chi connectivity index (χ1n) is 6.61. The smallest absolute Gasteiger partial charge is 0.243 e. The predicted molar refractivity (Wildman–Crippen MR) is 75.5 cm³/mol. The standard InChI is InChI=1S/C11H21N7O2/c1-20-7-8(19)6-13-9-14-10(17-12)16-11(15-9)18-4-2-3-5-18/h8,19H,2-7,12H2,1H3,(H2,13,14,15,16,17). The van der Waals surface area contributed by atoms with Gasteiger partial charge in [0.15, 0.2) is 0 Å². The molecule has 0 radical (unpaired) electrons. The van der Waals surface area contributed by atoms with Gasteiger partial charge in [0, 0.05) is 26.7 Å². The van der Waals surface area contributed by atoms with E-state index in [2.05, 4.69) is 30.6 Å². The molecule has 1 fully saturated rings. The number of aromatic nitrogens is 3. The van der Waals surface area contributed by atoms with E-state index in [1.165, 1.54) is 7.11 Å². The second kappa shape index (κ2) is 7.17. The maximum absolute atomic E-state index is 9.61. The van der Waals surface area contributed by atoms with Crippen LogP contribution in [0.5, 0.6) is 0 Å². The van der Waals surface area contributed by atoms with E-state index >= 15 is 0 Å². The van der Waals surface area contributed by atoms with Gasteiger partial charge in [-0.05, 0) is 12.8 Å².